The Morgan fingerprint density at radius 1 is 1.24 bits per heavy atom. The van der Waals surface area contributed by atoms with Crippen LogP contribution in [0, 0.1) is 0 Å². The zero-order chi connectivity index (χ0) is 17.8. The van der Waals surface area contributed by atoms with Crippen LogP contribution in [0.25, 0.3) is 5.82 Å². The van der Waals surface area contributed by atoms with Crippen molar-refractivity contribution in [3.05, 3.63) is 60.3 Å². The van der Waals surface area contributed by atoms with Crippen molar-refractivity contribution in [2.45, 2.75) is 26.2 Å². The number of hydrogen-bond acceptors (Lipinski definition) is 5. The Bertz CT molecular complexity index is 877. The SMILES string of the molecule is CC[C@@H](C)c1ccc(O)c(NC(=O)c2cccc(-n3cnnc3)n2)c1. The molecule has 0 unspecified atom stereocenters. The largest absolute Gasteiger partial charge is 0.506 e. The number of aromatic hydroxyl groups is 1. The molecule has 0 saturated carbocycles. The summed E-state index contributed by atoms with van der Waals surface area (Å²) in [5.74, 6) is 0.503. The van der Waals surface area contributed by atoms with E-state index < -0.39 is 5.91 Å². The summed E-state index contributed by atoms with van der Waals surface area (Å²) in [6, 6.07) is 10.3. The molecule has 7 nitrogen and oxygen atoms in total. The zero-order valence-corrected chi connectivity index (χ0v) is 14.0. The number of amides is 1. The standard InChI is InChI=1S/C18H19N5O2/c1-3-12(2)13-7-8-16(24)15(9-13)22-18(25)14-5-4-6-17(21-14)23-10-19-20-11-23/h4-12,24H,3H2,1-2H3,(H,22,25)/t12-/m1/s1. The van der Waals surface area contributed by atoms with Crippen molar-refractivity contribution in [3.8, 4) is 11.6 Å². The highest BCUT2D eigenvalue weighted by molar-refractivity contribution is 6.03. The molecule has 2 heterocycles. The maximum atomic E-state index is 12.5. The Hall–Kier alpha value is -3.22. The molecule has 1 amide bonds. The van der Waals surface area contributed by atoms with Gasteiger partial charge in [0.15, 0.2) is 0 Å². The third-order valence-electron chi connectivity index (χ3n) is 4.10. The van der Waals surface area contributed by atoms with E-state index in [1.54, 1.807) is 34.9 Å². The molecular weight excluding hydrogens is 318 g/mol. The summed E-state index contributed by atoms with van der Waals surface area (Å²) in [5, 5.41) is 20.2. The Morgan fingerprint density at radius 3 is 2.72 bits per heavy atom. The van der Waals surface area contributed by atoms with E-state index in [4.69, 9.17) is 0 Å². The lowest BCUT2D eigenvalue weighted by Gasteiger charge is -2.13. The van der Waals surface area contributed by atoms with E-state index in [-0.39, 0.29) is 11.4 Å². The van der Waals surface area contributed by atoms with Gasteiger partial charge in [-0.05, 0) is 42.2 Å². The fraction of sp³-hybridized carbons (Fsp3) is 0.222. The lowest BCUT2D eigenvalue weighted by molar-refractivity contribution is 0.102. The number of benzene rings is 1. The monoisotopic (exact) mass is 337 g/mol. The van der Waals surface area contributed by atoms with E-state index in [9.17, 15) is 9.90 Å². The smallest absolute Gasteiger partial charge is 0.274 e. The van der Waals surface area contributed by atoms with Crippen LogP contribution in [0.4, 0.5) is 5.69 Å². The summed E-state index contributed by atoms with van der Waals surface area (Å²) in [4.78, 5) is 16.8. The molecule has 0 spiro atoms. The van der Waals surface area contributed by atoms with Crippen molar-refractivity contribution in [3.63, 3.8) is 0 Å². The Labute approximate surface area is 145 Å². The van der Waals surface area contributed by atoms with Gasteiger partial charge in [0.1, 0.15) is 29.9 Å². The highest BCUT2D eigenvalue weighted by Crippen LogP contribution is 2.29. The van der Waals surface area contributed by atoms with E-state index in [0.717, 1.165) is 12.0 Å². The first-order valence-electron chi connectivity index (χ1n) is 8.04. The molecule has 2 aromatic heterocycles. The van der Waals surface area contributed by atoms with E-state index >= 15 is 0 Å². The molecule has 7 heteroatoms. The maximum Gasteiger partial charge on any atom is 0.274 e. The van der Waals surface area contributed by atoms with Gasteiger partial charge in [-0.15, -0.1) is 10.2 Å². The third-order valence-corrected chi connectivity index (χ3v) is 4.10. The molecule has 0 aliphatic carbocycles. The van der Waals surface area contributed by atoms with E-state index in [1.165, 1.54) is 12.7 Å². The molecule has 1 aromatic carbocycles. The first-order chi connectivity index (χ1) is 12.1. The molecule has 0 aliphatic heterocycles. The third kappa shape index (κ3) is 3.65. The van der Waals surface area contributed by atoms with Crippen LogP contribution < -0.4 is 5.32 Å². The van der Waals surface area contributed by atoms with Crippen molar-refractivity contribution >= 4 is 11.6 Å². The van der Waals surface area contributed by atoms with Gasteiger partial charge in [-0.1, -0.05) is 26.0 Å². The molecule has 0 bridgehead atoms. The summed E-state index contributed by atoms with van der Waals surface area (Å²) in [6.07, 6.45) is 3.98. The van der Waals surface area contributed by atoms with Crippen molar-refractivity contribution < 1.29 is 9.90 Å². The first-order valence-corrected chi connectivity index (χ1v) is 8.04. The molecule has 0 aliphatic rings. The normalized spacial score (nSPS) is 11.9. The number of nitrogens with zero attached hydrogens (tertiary/aromatic N) is 4. The fourth-order valence-corrected chi connectivity index (χ4v) is 2.39. The van der Waals surface area contributed by atoms with Crippen LogP contribution in [0.1, 0.15) is 42.2 Å². The van der Waals surface area contributed by atoms with E-state index in [0.29, 0.717) is 17.4 Å². The minimum atomic E-state index is -0.397. The maximum absolute atomic E-state index is 12.5. The summed E-state index contributed by atoms with van der Waals surface area (Å²) >= 11 is 0. The molecule has 25 heavy (non-hydrogen) atoms. The number of hydrogen-bond donors (Lipinski definition) is 2. The van der Waals surface area contributed by atoms with Gasteiger partial charge in [0.2, 0.25) is 0 Å². The van der Waals surface area contributed by atoms with Gasteiger partial charge in [0.05, 0.1) is 5.69 Å². The van der Waals surface area contributed by atoms with Crippen LogP contribution in [0.5, 0.6) is 5.75 Å². The van der Waals surface area contributed by atoms with Crippen LogP contribution in [0.2, 0.25) is 0 Å². The summed E-state index contributed by atoms with van der Waals surface area (Å²) < 4.78 is 1.61. The molecule has 0 saturated heterocycles. The number of nitrogens with one attached hydrogen (secondary N) is 1. The van der Waals surface area contributed by atoms with Crippen LogP contribution in [0.15, 0.2) is 49.1 Å². The lowest BCUT2D eigenvalue weighted by atomic mass is 9.98. The van der Waals surface area contributed by atoms with E-state index in [2.05, 4.69) is 34.3 Å². The van der Waals surface area contributed by atoms with Gasteiger partial charge in [-0.3, -0.25) is 9.36 Å². The Balaban J connectivity index is 1.84. The average molecular weight is 337 g/mol. The minimum Gasteiger partial charge on any atom is -0.506 e. The number of carbonyl (C=O) groups is 1. The molecule has 0 fully saturated rings. The predicted octanol–water partition coefficient (Wildman–Crippen LogP) is 3.13. The molecule has 1 atom stereocenters. The summed E-state index contributed by atoms with van der Waals surface area (Å²) in [5.41, 5.74) is 1.67. The number of anilines is 1. The van der Waals surface area contributed by atoms with Gasteiger partial charge in [-0.2, -0.15) is 0 Å². The quantitative estimate of drug-likeness (QED) is 0.698. The molecule has 2 N–H and O–H groups in total. The lowest BCUT2D eigenvalue weighted by Crippen LogP contribution is -2.15. The highest BCUT2D eigenvalue weighted by atomic mass is 16.3. The number of phenolic OH excluding ortho intramolecular Hbond substituents is 1. The van der Waals surface area contributed by atoms with Gasteiger partial charge >= 0.3 is 0 Å². The minimum absolute atomic E-state index is 0.0235. The van der Waals surface area contributed by atoms with Crippen LogP contribution in [-0.4, -0.2) is 30.8 Å². The second-order valence-electron chi connectivity index (χ2n) is 5.79. The molecule has 3 aromatic rings. The zero-order valence-electron chi connectivity index (χ0n) is 14.0. The average Bonchev–Trinajstić information content (AvgIpc) is 3.17. The second kappa shape index (κ2) is 7.12. The number of pyridine rings is 1. The highest BCUT2D eigenvalue weighted by Gasteiger charge is 2.13. The molecule has 128 valence electrons. The van der Waals surface area contributed by atoms with Gasteiger partial charge < -0.3 is 10.4 Å². The predicted molar refractivity (Wildman–Crippen MR) is 93.9 cm³/mol. The van der Waals surface area contributed by atoms with Crippen LogP contribution >= 0.6 is 0 Å². The van der Waals surface area contributed by atoms with E-state index in [1.807, 2.05) is 6.07 Å². The number of aromatic nitrogens is 4. The number of rotatable bonds is 5. The fourth-order valence-electron chi connectivity index (χ4n) is 2.39. The molecular formula is C18H19N5O2. The molecule has 3 rings (SSSR count). The van der Waals surface area contributed by atoms with Gasteiger partial charge in [0.25, 0.3) is 5.91 Å². The van der Waals surface area contributed by atoms with Crippen molar-refractivity contribution in [2.75, 3.05) is 5.32 Å². The second-order valence-corrected chi connectivity index (χ2v) is 5.79. The number of carbonyl (C=O) groups excluding carboxylic acids is 1. The number of phenols is 1. The van der Waals surface area contributed by atoms with Crippen molar-refractivity contribution in [1.29, 1.82) is 0 Å². The van der Waals surface area contributed by atoms with Crippen LogP contribution in [-0.2, 0) is 0 Å². The Morgan fingerprint density at radius 2 is 2.00 bits per heavy atom. The van der Waals surface area contributed by atoms with Crippen LogP contribution in [0.3, 0.4) is 0 Å². The van der Waals surface area contributed by atoms with Crippen molar-refractivity contribution in [2.24, 2.45) is 0 Å². The molecule has 0 radical (unpaired) electrons. The van der Waals surface area contributed by atoms with Gasteiger partial charge in [0, 0.05) is 0 Å². The van der Waals surface area contributed by atoms with Crippen molar-refractivity contribution in [1.82, 2.24) is 19.7 Å². The topological polar surface area (TPSA) is 92.9 Å². The summed E-state index contributed by atoms with van der Waals surface area (Å²) in [6.45, 7) is 4.19. The Kier molecular flexibility index (Phi) is 4.74. The summed E-state index contributed by atoms with van der Waals surface area (Å²) in [7, 11) is 0. The van der Waals surface area contributed by atoms with Gasteiger partial charge in [-0.25, -0.2) is 4.98 Å². The first kappa shape index (κ1) is 16.6.